The number of nitrogens with two attached hydrogens (primary N) is 1. The summed E-state index contributed by atoms with van der Waals surface area (Å²) >= 11 is 0. The Morgan fingerprint density at radius 2 is 2.29 bits per heavy atom. The van der Waals surface area contributed by atoms with Crippen LogP contribution >= 0.6 is 0 Å². The second-order valence-electron chi connectivity index (χ2n) is 3.45. The lowest BCUT2D eigenvalue weighted by molar-refractivity contribution is 0.0517. The molecule has 0 radical (unpaired) electrons. The second-order valence-corrected chi connectivity index (χ2v) is 3.45. The summed E-state index contributed by atoms with van der Waals surface area (Å²) in [5.74, 6) is -0.456. The molecule has 0 aliphatic heterocycles. The molecule has 4 N–H and O–H groups in total. The Morgan fingerprint density at radius 1 is 1.59 bits per heavy atom. The van der Waals surface area contributed by atoms with Crippen molar-refractivity contribution >= 4 is 11.7 Å². The first kappa shape index (κ1) is 13.5. The fraction of sp³-hybridized carbons (Fsp3) is 0.545. The van der Waals surface area contributed by atoms with Crippen LogP contribution in [-0.2, 0) is 9.47 Å². The molecule has 1 heterocycles. The Balaban J connectivity index is 2.90. The molecule has 1 aromatic rings. The summed E-state index contributed by atoms with van der Waals surface area (Å²) in [6.07, 6.45) is -0.314. The number of aromatic nitrogens is 1. The van der Waals surface area contributed by atoms with Gasteiger partial charge in [0.1, 0.15) is 11.9 Å². The molecule has 0 saturated carbocycles. The first-order chi connectivity index (χ1) is 8.13. The summed E-state index contributed by atoms with van der Waals surface area (Å²) in [5, 5.41) is 3.10. The monoisotopic (exact) mass is 241 g/mol. The highest BCUT2D eigenvalue weighted by Gasteiger charge is 2.18. The van der Waals surface area contributed by atoms with E-state index in [1.165, 1.54) is 0 Å². The van der Waals surface area contributed by atoms with Gasteiger partial charge < -0.3 is 20.2 Å². The van der Waals surface area contributed by atoms with Gasteiger partial charge in [0.2, 0.25) is 0 Å². The van der Waals surface area contributed by atoms with Crippen LogP contribution in [0.25, 0.3) is 0 Å². The Labute approximate surface area is 100 Å². The van der Waals surface area contributed by atoms with E-state index in [0.29, 0.717) is 18.0 Å². The minimum atomic E-state index is -0.456. The maximum absolute atomic E-state index is 11.6. The lowest BCUT2D eigenvalue weighted by Gasteiger charge is -2.14. The lowest BCUT2D eigenvalue weighted by atomic mass is 10.3. The number of hydrogen-bond donors (Lipinski definition) is 3. The maximum atomic E-state index is 11.6. The third-order valence-electron chi connectivity index (χ3n) is 2.26. The third-order valence-corrected chi connectivity index (χ3v) is 2.26. The largest absolute Gasteiger partial charge is 0.461 e. The van der Waals surface area contributed by atoms with Crippen molar-refractivity contribution in [3.63, 3.8) is 0 Å². The number of esters is 1. The van der Waals surface area contributed by atoms with Gasteiger partial charge in [-0.15, -0.1) is 0 Å². The highest BCUT2D eigenvalue weighted by atomic mass is 16.5. The van der Waals surface area contributed by atoms with Crippen LogP contribution in [0.4, 0.5) is 5.69 Å². The number of rotatable bonds is 6. The van der Waals surface area contributed by atoms with Gasteiger partial charge >= 0.3 is 5.97 Å². The van der Waals surface area contributed by atoms with Crippen LogP contribution in [0, 0.1) is 0 Å². The number of anilines is 1. The zero-order chi connectivity index (χ0) is 12.8. The minimum absolute atomic E-state index is 0.266. The summed E-state index contributed by atoms with van der Waals surface area (Å²) in [6, 6.07) is 1.67. The van der Waals surface area contributed by atoms with Gasteiger partial charge in [0.05, 0.1) is 18.0 Å². The number of ether oxygens (including phenoxy) is 2. The van der Waals surface area contributed by atoms with Crippen molar-refractivity contribution in [3.05, 3.63) is 17.5 Å². The molecule has 0 bridgehead atoms. The number of carbonyl (C=O) groups excluding carboxylic acids is 1. The zero-order valence-corrected chi connectivity index (χ0v) is 10.4. The highest BCUT2D eigenvalue weighted by molar-refractivity contribution is 5.93. The second kappa shape index (κ2) is 6.27. The molecule has 1 atom stereocenters. The van der Waals surface area contributed by atoms with E-state index in [2.05, 4.69) is 10.3 Å². The predicted octanol–water partition coefficient (Wildman–Crippen LogP) is 1.03. The number of aromatic amines is 1. The molecule has 0 aliphatic rings. The van der Waals surface area contributed by atoms with Gasteiger partial charge in [-0.3, -0.25) is 5.32 Å². The van der Waals surface area contributed by atoms with Crippen LogP contribution in [0.15, 0.2) is 6.07 Å². The molecular weight excluding hydrogens is 222 g/mol. The molecule has 6 nitrogen and oxygen atoms in total. The smallest absolute Gasteiger partial charge is 0.356 e. The number of hydrogen-bond acceptors (Lipinski definition) is 5. The van der Waals surface area contributed by atoms with Crippen molar-refractivity contribution < 1.29 is 14.3 Å². The Bertz CT molecular complexity index is 376. The molecule has 0 fully saturated rings. The van der Waals surface area contributed by atoms with E-state index >= 15 is 0 Å². The molecule has 1 aromatic heterocycles. The molecule has 96 valence electrons. The summed E-state index contributed by atoms with van der Waals surface area (Å²) < 4.78 is 10.1. The summed E-state index contributed by atoms with van der Waals surface area (Å²) in [4.78, 5) is 14.5. The van der Waals surface area contributed by atoms with E-state index in [1.807, 2.05) is 6.92 Å². The first-order valence-corrected chi connectivity index (χ1v) is 5.55. The van der Waals surface area contributed by atoms with Crippen molar-refractivity contribution in [2.45, 2.75) is 20.1 Å². The zero-order valence-electron chi connectivity index (χ0n) is 10.4. The molecule has 17 heavy (non-hydrogen) atoms. The van der Waals surface area contributed by atoms with E-state index in [4.69, 9.17) is 15.2 Å². The normalized spacial score (nSPS) is 12.4. The van der Waals surface area contributed by atoms with Crippen LogP contribution < -0.4 is 11.1 Å². The van der Waals surface area contributed by atoms with Crippen molar-refractivity contribution in [1.29, 1.82) is 0 Å². The van der Waals surface area contributed by atoms with Crippen LogP contribution in [0.2, 0.25) is 0 Å². The number of H-pyrrole nitrogens is 1. The van der Waals surface area contributed by atoms with E-state index in [-0.39, 0.29) is 11.9 Å². The average Bonchev–Trinajstić information content (AvgIpc) is 2.68. The molecule has 0 spiro atoms. The topological polar surface area (TPSA) is 89.4 Å². The lowest BCUT2D eigenvalue weighted by Crippen LogP contribution is -2.22. The van der Waals surface area contributed by atoms with Crippen LogP contribution in [0.1, 0.15) is 36.3 Å². The van der Waals surface area contributed by atoms with Crippen LogP contribution in [0.3, 0.4) is 0 Å². The van der Waals surface area contributed by atoms with Crippen molar-refractivity contribution in [2.24, 2.45) is 0 Å². The molecular formula is C11H19N3O3. The standard InChI is InChI=1S/C11H19N3O3/c1-4-13-10(16-3)8-6-7(12)9(14-8)11(15)17-5-2/h6,10,13-14H,4-5,12H2,1-3H3. The molecule has 0 amide bonds. The van der Waals surface area contributed by atoms with Gasteiger partial charge in [-0.25, -0.2) is 4.79 Å². The third kappa shape index (κ3) is 3.21. The van der Waals surface area contributed by atoms with Gasteiger partial charge in [-0.2, -0.15) is 0 Å². The first-order valence-electron chi connectivity index (χ1n) is 5.55. The predicted molar refractivity (Wildman–Crippen MR) is 64.6 cm³/mol. The van der Waals surface area contributed by atoms with E-state index < -0.39 is 5.97 Å². The molecule has 6 heteroatoms. The minimum Gasteiger partial charge on any atom is -0.461 e. The Kier molecular flexibility index (Phi) is 4.99. The van der Waals surface area contributed by atoms with Gasteiger partial charge in [0, 0.05) is 7.11 Å². The number of carbonyl (C=O) groups is 1. The van der Waals surface area contributed by atoms with Crippen molar-refractivity contribution in [2.75, 3.05) is 26.0 Å². The summed E-state index contributed by atoms with van der Waals surface area (Å²) in [7, 11) is 1.58. The van der Waals surface area contributed by atoms with Crippen LogP contribution in [-0.4, -0.2) is 31.2 Å². The molecule has 1 unspecified atom stereocenters. The van der Waals surface area contributed by atoms with Gasteiger partial charge in [0.15, 0.2) is 0 Å². The van der Waals surface area contributed by atoms with Gasteiger partial charge in [0.25, 0.3) is 0 Å². The fourth-order valence-corrected chi connectivity index (χ4v) is 1.51. The molecule has 0 aliphatic carbocycles. The number of nitrogens with one attached hydrogen (secondary N) is 2. The van der Waals surface area contributed by atoms with E-state index in [0.717, 1.165) is 6.54 Å². The molecule has 0 saturated heterocycles. The summed E-state index contributed by atoms with van der Waals surface area (Å²) in [5.41, 5.74) is 7.07. The van der Waals surface area contributed by atoms with Crippen LogP contribution in [0.5, 0.6) is 0 Å². The molecule has 1 rings (SSSR count). The van der Waals surface area contributed by atoms with Gasteiger partial charge in [-0.1, -0.05) is 6.92 Å². The van der Waals surface area contributed by atoms with E-state index in [9.17, 15) is 4.79 Å². The Hall–Kier alpha value is -1.53. The quantitative estimate of drug-likeness (QED) is 0.511. The van der Waals surface area contributed by atoms with Crippen molar-refractivity contribution in [3.8, 4) is 0 Å². The highest BCUT2D eigenvalue weighted by Crippen LogP contribution is 2.20. The maximum Gasteiger partial charge on any atom is 0.356 e. The van der Waals surface area contributed by atoms with Crippen molar-refractivity contribution in [1.82, 2.24) is 10.3 Å². The Morgan fingerprint density at radius 3 is 2.82 bits per heavy atom. The van der Waals surface area contributed by atoms with Gasteiger partial charge in [-0.05, 0) is 19.5 Å². The molecule has 0 aromatic carbocycles. The fourth-order valence-electron chi connectivity index (χ4n) is 1.51. The average molecular weight is 241 g/mol. The number of nitrogen functional groups attached to an aromatic ring is 1. The SMILES string of the molecule is CCNC(OC)c1cc(N)c(C(=O)OCC)[nH]1. The summed E-state index contributed by atoms with van der Waals surface area (Å²) in [6.45, 7) is 4.76. The number of methoxy groups -OCH3 is 1. The van der Waals surface area contributed by atoms with E-state index in [1.54, 1.807) is 20.1 Å².